The van der Waals surface area contributed by atoms with E-state index in [9.17, 15) is 4.79 Å². The lowest BCUT2D eigenvalue weighted by Crippen LogP contribution is -2.09. The molecule has 1 atom stereocenters. The summed E-state index contributed by atoms with van der Waals surface area (Å²) in [5.41, 5.74) is 0.762. The van der Waals surface area contributed by atoms with Crippen molar-refractivity contribution in [3.05, 3.63) is 59.4 Å². The van der Waals surface area contributed by atoms with Gasteiger partial charge in [-0.1, -0.05) is 11.6 Å². The van der Waals surface area contributed by atoms with Crippen LogP contribution in [0, 0.1) is 0 Å². The Bertz CT molecular complexity index is 913. The molecule has 1 heterocycles. The van der Waals surface area contributed by atoms with Crippen LogP contribution >= 0.6 is 23.4 Å². The van der Waals surface area contributed by atoms with Gasteiger partial charge in [0.2, 0.25) is 5.89 Å². The molecule has 0 aliphatic rings. The number of benzene rings is 2. The molecular weight excluding hydrogens is 400 g/mol. The summed E-state index contributed by atoms with van der Waals surface area (Å²) in [6.45, 7) is 1.70. The predicted octanol–water partition coefficient (Wildman–Crippen LogP) is 5.19. The van der Waals surface area contributed by atoms with Gasteiger partial charge in [-0.05, 0) is 55.5 Å². The first-order valence-electron chi connectivity index (χ1n) is 8.61. The van der Waals surface area contributed by atoms with Crippen LogP contribution in [-0.4, -0.2) is 29.0 Å². The summed E-state index contributed by atoms with van der Waals surface area (Å²) in [5, 5.41) is 8.68. The molecule has 3 rings (SSSR count). The molecule has 0 unspecified atom stereocenters. The largest absolute Gasteiger partial charge is 0.497 e. The average Bonchev–Trinajstić information content (AvgIpc) is 3.20. The maximum atomic E-state index is 12.1. The number of thioether (sulfide) groups is 1. The molecule has 28 heavy (non-hydrogen) atoms. The van der Waals surface area contributed by atoms with Crippen LogP contribution < -0.4 is 4.74 Å². The Morgan fingerprint density at radius 2 is 1.86 bits per heavy atom. The monoisotopic (exact) mass is 418 g/mol. The van der Waals surface area contributed by atoms with Crippen LogP contribution in [0.1, 0.15) is 25.3 Å². The number of esters is 1. The molecule has 0 fully saturated rings. The Balaban J connectivity index is 1.49. The highest BCUT2D eigenvalue weighted by molar-refractivity contribution is 7.99. The first-order chi connectivity index (χ1) is 13.5. The topological polar surface area (TPSA) is 74.5 Å². The molecule has 146 valence electrons. The summed E-state index contributed by atoms with van der Waals surface area (Å²) in [6.07, 6.45) is -0.343. The van der Waals surface area contributed by atoms with Crippen molar-refractivity contribution < 1.29 is 18.7 Å². The first-order valence-corrected chi connectivity index (χ1v) is 9.97. The molecule has 0 bridgehead atoms. The third-order valence-corrected chi connectivity index (χ3v) is 5.09. The van der Waals surface area contributed by atoms with Crippen molar-refractivity contribution in [2.45, 2.75) is 24.3 Å². The summed E-state index contributed by atoms with van der Waals surface area (Å²) in [5.74, 6) is 1.64. The van der Waals surface area contributed by atoms with Gasteiger partial charge in [0.1, 0.15) is 5.75 Å². The highest BCUT2D eigenvalue weighted by atomic mass is 35.5. The Morgan fingerprint density at radius 1 is 1.14 bits per heavy atom. The van der Waals surface area contributed by atoms with E-state index in [1.165, 1.54) is 0 Å². The van der Waals surface area contributed by atoms with Crippen molar-refractivity contribution in [1.82, 2.24) is 10.2 Å². The summed E-state index contributed by atoms with van der Waals surface area (Å²) in [4.78, 5) is 13.1. The molecule has 2 aromatic carbocycles. The second kappa shape index (κ2) is 9.61. The first kappa shape index (κ1) is 20.2. The van der Waals surface area contributed by atoms with Gasteiger partial charge in [-0.2, -0.15) is 0 Å². The van der Waals surface area contributed by atoms with Crippen molar-refractivity contribution in [2.75, 3.05) is 12.9 Å². The van der Waals surface area contributed by atoms with Crippen LogP contribution in [0.2, 0.25) is 5.02 Å². The molecule has 0 saturated carbocycles. The lowest BCUT2D eigenvalue weighted by Gasteiger charge is -2.09. The van der Waals surface area contributed by atoms with E-state index in [1.807, 2.05) is 36.4 Å². The number of rotatable bonds is 8. The molecular formula is C20H19ClN2O4S. The molecule has 0 aliphatic carbocycles. The fourth-order valence-corrected chi connectivity index (χ4v) is 3.30. The van der Waals surface area contributed by atoms with Gasteiger partial charge in [0.05, 0.1) is 13.5 Å². The van der Waals surface area contributed by atoms with E-state index in [2.05, 4.69) is 10.2 Å². The zero-order chi connectivity index (χ0) is 19.9. The van der Waals surface area contributed by atoms with Gasteiger partial charge >= 0.3 is 5.97 Å². The number of carbonyl (C=O) groups excluding carboxylic acids is 1. The SMILES string of the molecule is COc1ccc(-c2nnc([C@H](C)OC(=O)CCSc3ccc(Cl)cc3)o2)cc1. The smallest absolute Gasteiger partial charge is 0.307 e. The van der Waals surface area contributed by atoms with E-state index < -0.39 is 6.10 Å². The number of methoxy groups -OCH3 is 1. The lowest BCUT2D eigenvalue weighted by molar-refractivity contribution is -0.149. The minimum atomic E-state index is -0.618. The summed E-state index contributed by atoms with van der Waals surface area (Å²) >= 11 is 7.42. The molecule has 0 amide bonds. The number of carbonyl (C=O) groups is 1. The van der Waals surface area contributed by atoms with E-state index in [0.29, 0.717) is 16.7 Å². The highest BCUT2D eigenvalue weighted by Crippen LogP contribution is 2.25. The van der Waals surface area contributed by atoms with Crippen LogP contribution in [0.5, 0.6) is 5.75 Å². The Kier molecular flexibility index (Phi) is 6.95. The molecule has 0 saturated heterocycles. The van der Waals surface area contributed by atoms with Gasteiger partial charge in [0.25, 0.3) is 5.89 Å². The molecule has 0 N–H and O–H groups in total. The minimum absolute atomic E-state index is 0.254. The number of hydrogen-bond donors (Lipinski definition) is 0. The van der Waals surface area contributed by atoms with Crippen molar-refractivity contribution in [1.29, 1.82) is 0 Å². The maximum absolute atomic E-state index is 12.1. The third-order valence-electron chi connectivity index (χ3n) is 3.82. The number of halogens is 1. The fourth-order valence-electron chi connectivity index (χ4n) is 2.34. The van der Waals surface area contributed by atoms with Crippen molar-refractivity contribution in [3.8, 4) is 17.2 Å². The normalized spacial score (nSPS) is 11.8. The summed E-state index contributed by atoms with van der Waals surface area (Å²) in [7, 11) is 1.60. The molecule has 1 aromatic heterocycles. The molecule has 8 heteroatoms. The van der Waals surface area contributed by atoms with E-state index in [0.717, 1.165) is 16.2 Å². The Hall–Kier alpha value is -2.51. The van der Waals surface area contributed by atoms with Crippen LogP contribution in [0.25, 0.3) is 11.5 Å². The number of nitrogens with zero attached hydrogens (tertiary/aromatic N) is 2. The number of aromatic nitrogens is 2. The van der Waals surface area contributed by atoms with Crippen LogP contribution in [0.3, 0.4) is 0 Å². The van der Waals surface area contributed by atoms with E-state index in [4.69, 9.17) is 25.5 Å². The van der Waals surface area contributed by atoms with Crippen molar-refractivity contribution in [2.24, 2.45) is 0 Å². The van der Waals surface area contributed by atoms with E-state index in [-0.39, 0.29) is 18.3 Å². The van der Waals surface area contributed by atoms with Crippen molar-refractivity contribution >= 4 is 29.3 Å². The van der Waals surface area contributed by atoms with Gasteiger partial charge in [0.15, 0.2) is 6.10 Å². The zero-order valence-corrected chi connectivity index (χ0v) is 17.0. The standard InChI is InChI=1S/C20H19ClN2O4S/c1-13(26-18(24)11-12-28-17-9-5-15(21)6-10-17)19-22-23-20(27-19)14-3-7-16(25-2)8-4-14/h3-10,13H,11-12H2,1-2H3/t13-/m0/s1. The summed E-state index contributed by atoms with van der Waals surface area (Å²) < 4.78 is 16.1. The van der Waals surface area contributed by atoms with Crippen LogP contribution in [0.15, 0.2) is 57.8 Å². The fraction of sp³-hybridized carbons (Fsp3) is 0.250. The van der Waals surface area contributed by atoms with Crippen molar-refractivity contribution in [3.63, 3.8) is 0 Å². The van der Waals surface area contributed by atoms with Gasteiger partial charge in [-0.3, -0.25) is 4.79 Å². The van der Waals surface area contributed by atoms with E-state index >= 15 is 0 Å². The van der Waals surface area contributed by atoms with Gasteiger partial charge in [0, 0.05) is 21.2 Å². The van der Waals surface area contributed by atoms with Gasteiger partial charge < -0.3 is 13.9 Å². The number of ether oxygens (including phenoxy) is 2. The zero-order valence-electron chi connectivity index (χ0n) is 15.4. The molecule has 0 spiro atoms. The molecule has 0 radical (unpaired) electrons. The quantitative estimate of drug-likeness (QED) is 0.368. The van der Waals surface area contributed by atoms with Crippen LogP contribution in [-0.2, 0) is 9.53 Å². The molecule has 3 aromatic rings. The molecule has 6 nitrogen and oxygen atoms in total. The lowest BCUT2D eigenvalue weighted by atomic mass is 10.2. The summed E-state index contributed by atoms with van der Waals surface area (Å²) in [6, 6.07) is 14.7. The highest BCUT2D eigenvalue weighted by Gasteiger charge is 2.19. The van der Waals surface area contributed by atoms with Gasteiger partial charge in [-0.15, -0.1) is 22.0 Å². The second-order valence-electron chi connectivity index (χ2n) is 5.86. The Morgan fingerprint density at radius 3 is 2.54 bits per heavy atom. The van der Waals surface area contributed by atoms with Crippen LogP contribution in [0.4, 0.5) is 0 Å². The Labute approximate surface area is 172 Å². The molecule has 0 aliphatic heterocycles. The number of hydrogen-bond acceptors (Lipinski definition) is 7. The maximum Gasteiger partial charge on any atom is 0.307 e. The average molecular weight is 419 g/mol. The van der Waals surface area contributed by atoms with Gasteiger partial charge in [-0.25, -0.2) is 0 Å². The predicted molar refractivity (Wildman–Crippen MR) is 108 cm³/mol. The second-order valence-corrected chi connectivity index (χ2v) is 7.46. The van der Waals surface area contributed by atoms with E-state index in [1.54, 1.807) is 37.9 Å². The minimum Gasteiger partial charge on any atom is -0.497 e. The third kappa shape index (κ3) is 5.50.